The third-order valence-electron chi connectivity index (χ3n) is 4.64. The highest BCUT2D eigenvalue weighted by atomic mass is 19.1. The summed E-state index contributed by atoms with van der Waals surface area (Å²) in [5.74, 6) is -0.814. The zero-order valence-electron chi connectivity index (χ0n) is 13.7. The molecule has 2 N–H and O–H groups in total. The highest BCUT2D eigenvalue weighted by molar-refractivity contribution is 5.23. The van der Waals surface area contributed by atoms with Gasteiger partial charge < -0.3 is 5.73 Å². The van der Waals surface area contributed by atoms with E-state index in [9.17, 15) is 8.78 Å². The Morgan fingerprint density at radius 1 is 0.958 bits per heavy atom. The highest BCUT2D eigenvalue weighted by Gasteiger charge is 2.26. The summed E-state index contributed by atoms with van der Waals surface area (Å²) in [5.41, 5.74) is 7.51. The second-order valence-electron chi connectivity index (χ2n) is 6.22. The third-order valence-corrected chi connectivity index (χ3v) is 4.64. The molecule has 24 heavy (non-hydrogen) atoms. The lowest BCUT2D eigenvalue weighted by Crippen LogP contribution is -2.48. The van der Waals surface area contributed by atoms with Crippen LogP contribution in [0.3, 0.4) is 0 Å². The van der Waals surface area contributed by atoms with Crippen LogP contribution in [-0.4, -0.2) is 42.5 Å². The van der Waals surface area contributed by atoms with Crippen molar-refractivity contribution in [1.29, 1.82) is 0 Å². The van der Waals surface area contributed by atoms with E-state index in [0.29, 0.717) is 5.56 Å². The summed E-state index contributed by atoms with van der Waals surface area (Å²) in [7, 11) is 0. The monoisotopic (exact) mass is 331 g/mol. The first-order valence-electron chi connectivity index (χ1n) is 8.32. The fourth-order valence-electron chi connectivity index (χ4n) is 3.32. The Bertz CT molecular complexity index is 655. The molecule has 0 radical (unpaired) electrons. The molecule has 2 aromatic rings. The van der Waals surface area contributed by atoms with Gasteiger partial charge >= 0.3 is 0 Å². The van der Waals surface area contributed by atoms with E-state index in [4.69, 9.17) is 5.73 Å². The van der Waals surface area contributed by atoms with Gasteiger partial charge in [0.05, 0.1) is 6.04 Å². The van der Waals surface area contributed by atoms with Crippen molar-refractivity contribution in [3.8, 4) is 0 Å². The zero-order chi connectivity index (χ0) is 16.9. The molecule has 0 bridgehead atoms. The molecule has 0 aromatic heterocycles. The fourth-order valence-corrected chi connectivity index (χ4v) is 3.32. The first-order valence-corrected chi connectivity index (χ1v) is 8.32. The largest absolute Gasteiger partial charge is 0.329 e. The summed E-state index contributed by atoms with van der Waals surface area (Å²) in [6.45, 7) is 4.56. The van der Waals surface area contributed by atoms with Gasteiger partial charge in [0, 0.05) is 44.8 Å². The molecule has 1 saturated heterocycles. The number of benzene rings is 2. The predicted octanol–water partition coefficient (Wildman–Crippen LogP) is 2.78. The van der Waals surface area contributed by atoms with Crippen molar-refractivity contribution in [2.75, 3.05) is 32.7 Å². The molecule has 0 saturated carbocycles. The van der Waals surface area contributed by atoms with Gasteiger partial charge in [-0.25, -0.2) is 8.78 Å². The fraction of sp³-hybridized carbons (Fsp3) is 0.368. The van der Waals surface area contributed by atoms with Gasteiger partial charge in [-0.05, 0) is 23.8 Å². The average Bonchev–Trinajstić information content (AvgIpc) is 2.61. The summed E-state index contributed by atoms with van der Waals surface area (Å²) in [5, 5.41) is 0. The second kappa shape index (κ2) is 7.83. The van der Waals surface area contributed by atoms with E-state index in [2.05, 4.69) is 21.9 Å². The highest BCUT2D eigenvalue weighted by Crippen LogP contribution is 2.25. The van der Waals surface area contributed by atoms with Crippen LogP contribution in [0.15, 0.2) is 48.5 Å². The van der Waals surface area contributed by atoms with Gasteiger partial charge in [0.25, 0.3) is 0 Å². The summed E-state index contributed by atoms with van der Waals surface area (Å²) in [4.78, 5) is 4.53. The Morgan fingerprint density at radius 3 is 2.33 bits per heavy atom. The topological polar surface area (TPSA) is 32.5 Å². The zero-order valence-corrected chi connectivity index (χ0v) is 13.7. The number of nitrogens with zero attached hydrogens (tertiary/aromatic N) is 2. The maximum absolute atomic E-state index is 14.1. The van der Waals surface area contributed by atoms with Gasteiger partial charge in [-0.2, -0.15) is 0 Å². The minimum atomic E-state index is -0.424. The number of nitrogens with two attached hydrogens (primary N) is 1. The summed E-state index contributed by atoms with van der Waals surface area (Å²) < 4.78 is 27.5. The van der Waals surface area contributed by atoms with Crippen LogP contribution in [0, 0.1) is 11.6 Å². The van der Waals surface area contributed by atoms with Crippen molar-refractivity contribution in [3.05, 3.63) is 71.3 Å². The molecule has 2 aromatic carbocycles. The molecular weight excluding hydrogens is 308 g/mol. The molecule has 0 amide bonds. The number of hydrogen-bond acceptors (Lipinski definition) is 3. The van der Waals surface area contributed by atoms with Crippen LogP contribution in [0.25, 0.3) is 0 Å². The first-order chi connectivity index (χ1) is 11.7. The molecule has 0 aliphatic carbocycles. The van der Waals surface area contributed by atoms with Crippen molar-refractivity contribution in [1.82, 2.24) is 9.80 Å². The maximum Gasteiger partial charge on any atom is 0.128 e. The molecule has 1 unspecified atom stereocenters. The Balaban J connectivity index is 1.63. The molecule has 128 valence electrons. The van der Waals surface area contributed by atoms with Crippen molar-refractivity contribution < 1.29 is 8.78 Å². The van der Waals surface area contributed by atoms with Crippen molar-refractivity contribution in [3.63, 3.8) is 0 Å². The first kappa shape index (κ1) is 17.0. The molecule has 1 aliphatic heterocycles. The van der Waals surface area contributed by atoms with Crippen LogP contribution in [-0.2, 0) is 6.54 Å². The van der Waals surface area contributed by atoms with Gasteiger partial charge in [-0.15, -0.1) is 0 Å². The van der Waals surface area contributed by atoms with E-state index < -0.39 is 11.6 Å². The summed E-state index contributed by atoms with van der Waals surface area (Å²) in [6, 6.07) is 13.7. The maximum atomic E-state index is 14.1. The molecule has 1 fully saturated rings. The van der Waals surface area contributed by atoms with Gasteiger partial charge in [0.15, 0.2) is 0 Å². The molecule has 3 rings (SSSR count). The number of piperazine rings is 1. The van der Waals surface area contributed by atoms with Crippen LogP contribution < -0.4 is 5.73 Å². The smallest absolute Gasteiger partial charge is 0.128 e. The minimum absolute atomic E-state index is 0.277. The van der Waals surface area contributed by atoms with Crippen LogP contribution in [0.2, 0.25) is 0 Å². The van der Waals surface area contributed by atoms with Crippen LogP contribution in [0.5, 0.6) is 0 Å². The van der Waals surface area contributed by atoms with Gasteiger partial charge in [-0.3, -0.25) is 9.80 Å². The Labute approximate surface area is 141 Å². The SMILES string of the molecule is NCC(c1cc(F)ccc1F)N1CCN(Cc2ccccc2)CC1. The van der Waals surface area contributed by atoms with E-state index in [1.807, 2.05) is 18.2 Å². The van der Waals surface area contributed by atoms with Crippen molar-refractivity contribution in [2.45, 2.75) is 12.6 Å². The lowest BCUT2D eigenvalue weighted by Gasteiger charge is -2.39. The van der Waals surface area contributed by atoms with E-state index >= 15 is 0 Å². The average molecular weight is 331 g/mol. The lowest BCUT2D eigenvalue weighted by atomic mass is 10.0. The molecule has 5 heteroatoms. The van der Waals surface area contributed by atoms with E-state index in [1.165, 1.54) is 17.7 Å². The molecule has 1 aliphatic rings. The van der Waals surface area contributed by atoms with Gasteiger partial charge in [-0.1, -0.05) is 30.3 Å². The Morgan fingerprint density at radius 2 is 1.67 bits per heavy atom. The predicted molar refractivity (Wildman–Crippen MR) is 91.4 cm³/mol. The normalized spacial score (nSPS) is 17.8. The molecule has 3 nitrogen and oxygen atoms in total. The van der Waals surface area contributed by atoms with Crippen LogP contribution in [0.1, 0.15) is 17.2 Å². The van der Waals surface area contributed by atoms with E-state index in [-0.39, 0.29) is 12.6 Å². The quantitative estimate of drug-likeness (QED) is 0.914. The Hall–Kier alpha value is -1.82. The second-order valence-corrected chi connectivity index (χ2v) is 6.22. The van der Waals surface area contributed by atoms with E-state index in [1.54, 1.807) is 0 Å². The van der Waals surface area contributed by atoms with E-state index in [0.717, 1.165) is 38.8 Å². The van der Waals surface area contributed by atoms with Gasteiger partial charge in [0.2, 0.25) is 0 Å². The number of halogens is 2. The number of hydrogen-bond donors (Lipinski definition) is 1. The van der Waals surface area contributed by atoms with Gasteiger partial charge in [0.1, 0.15) is 11.6 Å². The molecular formula is C19H23F2N3. The molecule has 0 spiro atoms. The standard InChI is InChI=1S/C19H23F2N3/c20-16-6-7-18(21)17(12-16)19(13-22)24-10-8-23(9-11-24)14-15-4-2-1-3-5-15/h1-7,12,19H,8-11,13-14,22H2. The number of rotatable bonds is 5. The van der Waals surface area contributed by atoms with Crippen LogP contribution >= 0.6 is 0 Å². The summed E-state index contributed by atoms with van der Waals surface area (Å²) in [6.07, 6.45) is 0. The lowest BCUT2D eigenvalue weighted by molar-refractivity contribution is 0.0927. The third kappa shape index (κ3) is 3.98. The van der Waals surface area contributed by atoms with Crippen molar-refractivity contribution in [2.24, 2.45) is 5.73 Å². The van der Waals surface area contributed by atoms with Crippen LogP contribution in [0.4, 0.5) is 8.78 Å². The molecule has 1 heterocycles. The Kier molecular flexibility index (Phi) is 5.56. The molecule has 1 atom stereocenters. The van der Waals surface area contributed by atoms with Crippen molar-refractivity contribution >= 4 is 0 Å². The minimum Gasteiger partial charge on any atom is -0.329 e. The summed E-state index contributed by atoms with van der Waals surface area (Å²) >= 11 is 0.